The summed E-state index contributed by atoms with van der Waals surface area (Å²) in [6, 6.07) is 8.16. The Balaban J connectivity index is 2.82. The molecule has 0 saturated carbocycles. The van der Waals surface area contributed by atoms with Gasteiger partial charge in [0.1, 0.15) is 0 Å². The lowest BCUT2D eigenvalue weighted by atomic mass is 10.2. The lowest BCUT2D eigenvalue weighted by Crippen LogP contribution is -1.87. The van der Waals surface area contributed by atoms with Gasteiger partial charge in [0.25, 0.3) is 0 Å². The molecule has 0 spiro atoms. The first-order valence-electron chi connectivity index (χ1n) is 3.67. The molecule has 0 N–H and O–H groups in total. The Morgan fingerprint density at radius 1 is 1.27 bits per heavy atom. The van der Waals surface area contributed by atoms with Crippen molar-refractivity contribution in [2.75, 3.05) is 0 Å². The average molecular weight is 162 g/mol. The van der Waals surface area contributed by atoms with Crippen LogP contribution in [-0.4, -0.2) is 0 Å². The van der Waals surface area contributed by atoms with Crippen molar-refractivity contribution in [1.82, 2.24) is 0 Å². The summed E-state index contributed by atoms with van der Waals surface area (Å²) in [5.41, 5.74) is 1.10. The summed E-state index contributed by atoms with van der Waals surface area (Å²) in [6.07, 6.45) is 0.919. The molecule has 1 unspecified atom stereocenters. The van der Waals surface area contributed by atoms with Crippen LogP contribution in [0.15, 0.2) is 24.3 Å². The summed E-state index contributed by atoms with van der Waals surface area (Å²) >= 11 is 0. The first-order valence-corrected chi connectivity index (χ1v) is 4.25. The molecule has 0 bridgehead atoms. The molecule has 0 saturated heterocycles. The van der Waals surface area contributed by atoms with E-state index in [4.69, 9.17) is 0 Å². The molecule has 0 amide bonds. The number of hydrogen-bond acceptors (Lipinski definition) is 0. The summed E-state index contributed by atoms with van der Waals surface area (Å²) in [6.45, 7) is 2.05. The van der Waals surface area contributed by atoms with Crippen molar-refractivity contribution in [3.63, 3.8) is 0 Å². The predicted octanol–water partition coefficient (Wildman–Crippen LogP) is 1.95. The van der Waals surface area contributed by atoms with E-state index in [1.807, 2.05) is 24.3 Å². The third-order valence-electron chi connectivity index (χ3n) is 1.32. The molecule has 1 rings (SSSR count). The van der Waals surface area contributed by atoms with Gasteiger partial charge >= 0.3 is 0 Å². The van der Waals surface area contributed by atoms with Crippen molar-refractivity contribution in [2.24, 2.45) is 0 Å². The fourth-order valence-corrected chi connectivity index (χ4v) is 0.949. The normalized spacial score (nSPS) is 8.55. The van der Waals surface area contributed by atoms with Gasteiger partial charge in [0, 0.05) is 12.0 Å². The van der Waals surface area contributed by atoms with E-state index < -0.39 is 0 Å². The Labute approximate surface area is 70.2 Å². The van der Waals surface area contributed by atoms with E-state index in [0.717, 1.165) is 12.0 Å². The maximum Gasteiger partial charge on any atom is 0.0245 e. The van der Waals surface area contributed by atoms with E-state index in [-0.39, 0.29) is 0 Å². The van der Waals surface area contributed by atoms with Gasteiger partial charge in [-0.15, -0.1) is 9.24 Å². The van der Waals surface area contributed by atoms with Gasteiger partial charge in [-0.1, -0.05) is 30.9 Å². The molecule has 0 fully saturated rings. The van der Waals surface area contributed by atoms with Gasteiger partial charge in [-0.05, 0) is 17.4 Å². The zero-order valence-corrected chi connectivity index (χ0v) is 7.75. The standard InChI is InChI=1S/C10H11P/c1-2-3-4-9-5-7-10(11)8-6-9/h5-8H,2,11H2,1H3. The fourth-order valence-electron chi connectivity index (χ4n) is 0.757. The van der Waals surface area contributed by atoms with Crippen LogP contribution in [0.25, 0.3) is 0 Å². The number of rotatable bonds is 0. The third-order valence-corrected chi connectivity index (χ3v) is 1.71. The number of hydrogen-bond donors (Lipinski definition) is 0. The number of benzene rings is 1. The van der Waals surface area contributed by atoms with Crippen molar-refractivity contribution in [2.45, 2.75) is 13.3 Å². The van der Waals surface area contributed by atoms with Crippen molar-refractivity contribution >= 4 is 14.5 Å². The minimum atomic E-state index is 0.919. The second-order valence-corrected chi connectivity index (χ2v) is 2.94. The molecule has 0 heterocycles. The topological polar surface area (TPSA) is 0 Å². The Hall–Kier alpha value is -0.790. The molecule has 0 radical (unpaired) electrons. The van der Waals surface area contributed by atoms with Crippen molar-refractivity contribution in [1.29, 1.82) is 0 Å². The van der Waals surface area contributed by atoms with Crippen LogP contribution in [-0.2, 0) is 0 Å². The Bertz CT molecular complexity index is 274. The van der Waals surface area contributed by atoms with Gasteiger partial charge in [0.05, 0.1) is 0 Å². The molecule has 0 aliphatic carbocycles. The van der Waals surface area contributed by atoms with E-state index in [9.17, 15) is 0 Å². The van der Waals surface area contributed by atoms with Crippen LogP contribution < -0.4 is 5.30 Å². The molecular formula is C10H11P. The van der Waals surface area contributed by atoms with Gasteiger partial charge in [0.2, 0.25) is 0 Å². The van der Waals surface area contributed by atoms with E-state index in [0.29, 0.717) is 0 Å². The summed E-state index contributed by atoms with van der Waals surface area (Å²) in [4.78, 5) is 0. The highest BCUT2D eigenvalue weighted by Crippen LogP contribution is 1.96. The highest BCUT2D eigenvalue weighted by atomic mass is 31.0. The second kappa shape index (κ2) is 4.16. The van der Waals surface area contributed by atoms with Crippen LogP contribution in [0.2, 0.25) is 0 Å². The Kier molecular flexibility index (Phi) is 3.14. The Morgan fingerprint density at radius 2 is 1.91 bits per heavy atom. The average Bonchev–Trinajstić information content (AvgIpc) is 2.04. The molecule has 0 aliphatic rings. The SMILES string of the molecule is CCC#Cc1ccc(P)cc1. The molecule has 1 aromatic rings. The molecule has 11 heavy (non-hydrogen) atoms. The van der Waals surface area contributed by atoms with E-state index in [2.05, 4.69) is 28.0 Å². The maximum absolute atomic E-state index is 3.06. The van der Waals surface area contributed by atoms with Crippen LogP contribution in [0, 0.1) is 11.8 Å². The molecule has 1 heteroatoms. The summed E-state index contributed by atoms with van der Waals surface area (Å²) in [5.74, 6) is 6.09. The summed E-state index contributed by atoms with van der Waals surface area (Å²) in [7, 11) is 2.65. The summed E-state index contributed by atoms with van der Waals surface area (Å²) < 4.78 is 0. The van der Waals surface area contributed by atoms with Crippen molar-refractivity contribution < 1.29 is 0 Å². The molecular weight excluding hydrogens is 151 g/mol. The summed E-state index contributed by atoms with van der Waals surface area (Å²) in [5, 5.41) is 1.20. The molecule has 0 nitrogen and oxygen atoms in total. The first kappa shape index (κ1) is 8.31. The zero-order chi connectivity index (χ0) is 8.10. The van der Waals surface area contributed by atoms with Crippen LogP contribution in [0.1, 0.15) is 18.9 Å². The van der Waals surface area contributed by atoms with Gasteiger partial charge in [-0.25, -0.2) is 0 Å². The molecule has 1 aromatic carbocycles. The highest BCUT2D eigenvalue weighted by molar-refractivity contribution is 7.27. The minimum absolute atomic E-state index is 0.919. The smallest absolute Gasteiger partial charge is 0.0245 e. The molecule has 0 aliphatic heterocycles. The second-order valence-electron chi connectivity index (χ2n) is 2.28. The molecule has 1 atom stereocenters. The lowest BCUT2D eigenvalue weighted by Gasteiger charge is -1.90. The molecule has 56 valence electrons. The lowest BCUT2D eigenvalue weighted by molar-refractivity contribution is 1.28. The Morgan fingerprint density at radius 3 is 2.45 bits per heavy atom. The van der Waals surface area contributed by atoms with Crippen molar-refractivity contribution in [3.05, 3.63) is 29.8 Å². The van der Waals surface area contributed by atoms with Crippen LogP contribution >= 0.6 is 9.24 Å². The third kappa shape index (κ3) is 2.74. The monoisotopic (exact) mass is 162 g/mol. The highest BCUT2D eigenvalue weighted by Gasteiger charge is 1.84. The van der Waals surface area contributed by atoms with Crippen LogP contribution in [0.4, 0.5) is 0 Å². The van der Waals surface area contributed by atoms with E-state index >= 15 is 0 Å². The van der Waals surface area contributed by atoms with Crippen LogP contribution in [0.3, 0.4) is 0 Å². The van der Waals surface area contributed by atoms with Gasteiger partial charge in [-0.2, -0.15) is 0 Å². The first-order chi connectivity index (χ1) is 5.33. The van der Waals surface area contributed by atoms with E-state index in [1.54, 1.807) is 0 Å². The maximum atomic E-state index is 3.06. The fraction of sp³-hybridized carbons (Fsp3) is 0.200. The zero-order valence-electron chi connectivity index (χ0n) is 6.59. The largest absolute Gasteiger partial charge is 0.106 e. The van der Waals surface area contributed by atoms with Gasteiger partial charge in [-0.3, -0.25) is 0 Å². The van der Waals surface area contributed by atoms with Gasteiger partial charge in [0.15, 0.2) is 0 Å². The quantitative estimate of drug-likeness (QED) is 0.404. The van der Waals surface area contributed by atoms with E-state index in [1.165, 1.54) is 5.30 Å². The minimum Gasteiger partial charge on any atom is -0.106 e. The van der Waals surface area contributed by atoms with Crippen LogP contribution in [0.5, 0.6) is 0 Å². The predicted molar refractivity (Wildman–Crippen MR) is 53.0 cm³/mol. The van der Waals surface area contributed by atoms with Crippen molar-refractivity contribution in [3.8, 4) is 11.8 Å². The molecule has 0 aromatic heterocycles. The van der Waals surface area contributed by atoms with Gasteiger partial charge < -0.3 is 0 Å².